The average Bonchev–Trinajstić information content (AvgIpc) is 3.33. The van der Waals surface area contributed by atoms with Crippen molar-refractivity contribution in [1.29, 1.82) is 0 Å². The number of fused-ring (bicyclic) bond motifs is 2. The predicted octanol–water partition coefficient (Wildman–Crippen LogP) is 4.93. The van der Waals surface area contributed by atoms with Crippen LogP contribution in [-0.4, -0.2) is 22.7 Å². The Labute approximate surface area is 184 Å². The van der Waals surface area contributed by atoms with Crippen LogP contribution in [0.1, 0.15) is 39.1 Å². The van der Waals surface area contributed by atoms with Gasteiger partial charge < -0.3 is 10.3 Å². The number of hydrogen-bond donors (Lipinski definition) is 2. The van der Waals surface area contributed by atoms with Gasteiger partial charge in [0.25, 0.3) is 11.8 Å². The van der Waals surface area contributed by atoms with Crippen LogP contribution in [0.4, 0.5) is 11.4 Å². The molecule has 32 heavy (non-hydrogen) atoms. The first-order chi connectivity index (χ1) is 15.6. The number of imide groups is 1. The molecule has 0 saturated carbocycles. The fourth-order valence-corrected chi connectivity index (χ4v) is 4.15. The quantitative estimate of drug-likeness (QED) is 0.432. The van der Waals surface area contributed by atoms with E-state index in [9.17, 15) is 14.4 Å². The number of amides is 3. The summed E-state index contributed by atoms with van der Waals surface area (Å²) in [6.07, 6.45) is 3.88. The number of para-hydroxylation sites is 1. The van der Waals surface area contributed by atoms with Gasteiger partial charge in [-0.1, -0.05) is 36.4 Å². The summed E-state index contributed by atoms with van der Waals surface area (Å²) in [6, 6.07) is 21.7. The van der Waals surface area contributed by atoms with Gasteiger partial charge in [-0.05, 0) is 54.8 Å². The van der Waals surface area contributed by atoms with Gasteiger partial charge in [0.2, 0.25) is 5.91 Å². The Morgan fingerprint density at radius 1 is 0.875 bits per heavy atom. The van der Waals surface area contributed by atoms with Crippen LogP contribution in [0.5, 0.6) is 0 Å². The highest BCUT2D eigenvalue weighted by Gasteiger charge is 2.36. The lowest BCUT2D eigenvalue weighted by Crippen LogP contribution is -2.29. The van der Waals surface area contributed by atoms with Gasteiger partial charge in [0.15, 0.2) is 0 Å². The van der Waals surface area contributed by atoms with Crippen molar-refractivity contribution in [1.82, 2.24) is 4.98 Å². The lowest BCUT2D eigenvalue weighted by atomic mass is 10.1. The summed E-state index contributed by atoms with van der Waals surface area (Å²) in [5.74, 6) is -0.815. The fraction of sp³-hybridized carbons (Fsp3) is 0.115. The van der Waals surface area contributed by atoms with E-state index in [1.54, 1.807) is 48.5 Å². The molecule has 3 amide bonds. The van der Waals surface area contributed by atoms with Gasteiger partial charge in [-0.25, -0.2) is 4.90 Å². The first kappa shape index (κ1) is 19.8. The standard InChI is InChI=1S/C26H21N3O3/c30-24(14-5-7-17-16-27-23-13-4-3-10-20(17)23)28-18-8-6-9-19(15-18)29-25(31)21-11-1-2-12-22(21)26(29)32/h1-4,6,8-13,15-16,27H,5,7,14H2,(H,28,30). The summed E-state index contributed by atoms with van der Waals surface area (Å²) in [7, 11) is 0. The molecule has 6 nitrogen and oxygen atoms in total. The molecule has 0 unspecified atom stereocenters. The lowest BCUT2D eigenvalue weighted by Gasteiger charge is -2.15. The summed E-state index contributed by atoms with van der Waals surface area (Å²) in [4.78, 5) is 42.3. The van der Waals surface area contributed by atoms with Crippen molar-refractivity contribution in [3.8, 4) is 0 Å². The minimum absolute atomic E-state index is 0.107. The van der Waals surface area contributed by atoms with Crippen LogP contribution < -0.4 is 10.2 Å². The van der Waals surface area contributed by atoms with E-state index in [2.05, 4.69) is 16.4 Å². The maximum absolute atomic E-state index is 12.7. The Kier molecular flexibility index (Phi) is 5.03. The molecule has 0 saturated heterocycles. The second-order valence-electron chi connectivity index (χ2n) is 7.80. The topological polar surface area (TPSA) is 82.3 Å². The van der Waals surface area contributed by atoms with E-state index in [1.807, 2.05) is 24.4 Å². The Balaban J connectivity index is 1.23. The Morgan fingerprint density at radius 3 is 2.38 bits per heavy atom. The molecule has 0 spiro atoms. The van der Waals surface area contributed by atoms with E-state index in [0.717, 1.165) is 16.8 Å². The number of aromatic nitrogens is 1. The van der Waals surface area contributed by atoms with Gasteiger partial charge >= 0.3 is 0 Å². The molecule has 0 aliphatic carbocycles. The summed E-state index contributed by atoms with van der Waals surface area (Å²) < 4.78 is 0. The third kappa shape index (κ3) is 3.56. The van der Waals surface area contributed by atoms with Crippen LogP contribution in [0.25, 0.3) is 10.9 Å². The molecule has 0 fully saturated rings. The van der Waals surface area contributed by atoms with Crippen LogP contribution in [0.15, 0.2) is 79.0 Å². The molecule has 2 heterocycles. The zero-order valence-electron chi connectivity index (χ0n) is 17.3. The first-order valence-corrected chi connectivity index (χ1v) is 10.5. The lowest BCUT2D eigenvalue weighted by molar-refractivity contribution is -0.116. The van der Waals surface area contributed by atoms with Crippen molar-refractivity contribution in [3.05, 3.63) is 95.7 Å². The number of nitrogens with zero attached hydrogens (tertiary/aromatic N) is 1. The summed E-state index contributed by atoms with van der Waals surface area (Å²) in [5.41, 5.74) is 4.07. The molecule has 1 aliphatic heterocycles. The van der Waals surface area contributed by atoms with Crippen LogP contribution in [0.3, 0.4) is 0 Å². The highest BCUT2D eigenvalue weighted by atomic mass is 16.2. The third-order valence-corrected chi connectivity index (χ3v) is 5.71. The number of rotatable bonds is 6. The molecule has 4 aromatic rings. The summed E-state index contributed by atoms with van der Waals surface area (Å²) in [5, 5.41) is 4.06. The van der Waals surface area contributed by atoms with Crippen molar-refractivity contribution in [2.75, 3.05) is 10.2 Å². The van der Waals surface area contributed by atoms with Gasteiger partial charge in [0.05, 0.1) is 16.8 Å². The molecule has 1 aromatic heterocycles. The molecular formula is C26H21N3O3. The van der Waals surface area contributed by atoms with Gasteiger partial charge in [-0.3, -0.25) is 14.4 Å². The fourth-order valence-electron chi connectivity index (χ4n) is 4.15. The molecule has 6 heteroatoms. The maximum Gasteiger partial charge on any atom is 0.266 e. The zero-order valence-corrected chi connectivity index (χ0v) is 17.3. The molecule has 0 bridgehead atoms. The third-order valence-electron chi connectivity index (χ3n) is 5.71. The smallest absolute Gasteiger partial charge is 0.266 e. The monoisotopic (exact) mass is 423 g/mol. The van der Waals surface area contributed by atoms with E-state index in [4.69, 9.17) is 0 Å². The van der Waals surface area contributed by atoms with E-state index >= 15 is 0 Å². The minimum Gasteiger partial charge on any atom is -0.361 e. The largest absolute Gasteiger partial charge is 0.361 e. The molecule has 5 rings (SSSR count). The van der Waals surface area contributed by atoms with E-state index in [0.29, 0.717) is 35.3 Å². The predicted molar refractivity (Wildman–Crippen MR) is 124 cm³/mol. The van der Waals surface area contributed by atoms with Crippen LogP contribution in [-0.2, 0) is 11.2 Å². The highest BCUT2D eigenvalue weighted by Crippen LogP contribution is 2.29. The number of hydrogen-bond acceptors (Lipinski definition) is 3. The van der Waals surface area contributed by atoms with Crippen molar-refractivity contribution >= 4 is 40.0 Å². The normalized spacial score (nSPS) is 12.9. The molecular weight excluding hydrogens is 402 g/mol. The Bertz CT molecular complexity index is 1320. The van der Waals surface area contributed by atoms with Crippen molar-refractivity contribution in [2.24, 2.45) is 0 Å². The number of benzene rings is 3. The van der Waals surface area contributed by atoms with Gasteiger partial charge in [-0.2, -0.15) is 0 Å². The molecule has 3 aromatic carbocycles. The minimum atomic E-state index is -0.354. The van der Waals surface area contributed by atoms with E-state index in [1.165, 1.54) is 10.9 Å². The Morgan fingerprint density at radius 2 is 1.59 bits per heavy atom. The number of H-pyrrole nitrogens is 1. The van der Waals surface area contributed by atoms with Crippen LogP contribution >= 0.6 is 0 Å². The molecule has 2 N–H and O–H groups in total. The number of anilines is 2. The molecule has 0 atom stereocenters. The second kappa shape index (κ2) is 8.15. The maximum atomic E-state index is 12.7. The SMILES string of the molecule is O=C(CCCc1c[nH]c2ccccc12)Nc1cccc(N2C(=O)c3ccccc3C2=O)c1. The summed E-state index contributed by atoms with van der Waals surface area (Å²) >= 11 is 0. The number of carbonyl (C=O) groups is 3. The average molecular weight is 423 g/mol. The van der Waals surface area contributed by atoms with Gasteiger partial charge in [0.1, 0.15) is 0 Å². The molecule has 0 radical (unpaired) electrons. The number of aryl methyl sites for hydroxylation is 1. The highest BCUT2D eigenvalue weighted by molar-refractivity contribution is 6.34. The Hall–Kier alpha value is -4.19. The zero-order chi connectivity index (χ0) is 22.1. The number of carbonyl (C=O) groups excluding carboxylic acids is 3. The number of nitrogens with one attached hydrogen (secondary N) is 2. The van der Waals surface area contributed by atoms with Crippen LogP contribution in [0, 0.1) is 0 Å². The van der Waals surface area contributed by atoms with Crippen molar-refractivity contribution < 1.29 is 14.4 Å². The van der Waals surface area contributed by atoms with Crippen LogP contribution in [0.2, 0.25) is 0 Å². The van der Waals surface area contributed by atoms with Gasteiger partial charge in [-0.15, -0.1) is 0 Å². The van der Waals surface area contributed by atoms with Gasteiger partial charge in [0, 0.05) is 29.2 Å². The van der Waals surface area contributed by atoms with E-state index < -0.39 is 0 Å². The van der Waals surface area contributed by atoms with Crippen molar-refractivity contribution in [3.63, 3.8) is 0 Å². The molecule has 1 aliphatic rings. The number of aromatic amines is 1. The van der Waals surface area contributed by atoms with Crippen molar-refractivity contribution in [2.45, 2.75) is 19.3 Å². The summed E-state index contributed by atoms with van der Waals surface area (Å²) in [6.45, 7) is 0. The molecule has 158 valence electrons. The van der Waals surface area contributed by atoms with E-state index in [-0.39, 0.29) is 17.7 Å². The second-order valence-corrected chi connectivity index (χ2v) is 7.80. The first-order valence-electron chi connectivity index (χ1n) is 10.5.